The van der Waals surface area contributed by atoms with E-state index in [9.17, 15) is 13.2 Å². The molecule has 1 amide bonds. The van der Waals surface area contributed by atoms with Crippen molar-refractivity contribution < 1.29 is 13.2 Å². The summed E-state index contributed by atoms with van der Waals surface area (Å²) in [5, 5.41) is 7.29. The zero-order valence-corrected chi connectivity index (χ0v) is 12.5. The summed E-state index contributed by atoms with van der Waals surface area (Å²) < 4.78 is 22.0. The van der Waals surface area contributed by atoms with Crippen molar-refractivity contribution in [1.82, 2.24) is 10.6 Å². The zero-order valence-electron chi connectivity index (χ0n) is 11.7. The van der Waals surface area contributed by atoms with Crippen LogP contribution < -0.4 is 10.6 Å². The molecule has 1 unspecified atom stereocenters. The van der Waals surface area contributed by atoms with Gasteiger partial charge in [0.15, 0.2) is 9.84 Å². The van der Waals surface area contributed by atoms with Gasteiger partial charge in [0.05, 0.1) is 0 Å². The molecule has 1 saturated heterocycles. The Bertz CT molecular complexity index is 410. The number of rotatable bonds is 4. The highest BCUT2D eigenvalue weighted by molar-refractivity contribution is 7.93. The molecule has 0 bridgehead atoms. The maximum atomic E-state index is 12.1. The summed E-state index contributed by atoms with van der Waals surface area (Å²) >= 11 is 0. The smallest absolute Gasteiger partial charge is 0.223 e. The number of sulfone groups is 1. The van der Waals surface area contributed by atoms with E-state index in [2.05, 4.69) is 10.6 Å². The fraction of sp³-hybridized carbons (Fsp3) is 0.769. The van der Waals surface area contributed by atoms with Gasteiger partial charge in [-0.1, -0.05) is 12.5 Å². The lowest BCUT2D eigenvalue weighted by Crippen LogP contribution is -2.38. The normalized spacial score (nSPS) is 23.6. The molecule has 1 heterocycles. The molecule has 1 aliphatic rings. The van der Waals surface area contributed by atoms with Gasteiger partial charge in [0.2, 0.25) is 5.91 Å². The SMILES string of the molecule is C[C@H](/C=C\S(C)(=O)=O)NC(=O)C1CCCCNCC1. The molecule has 1 aliphatic heterocycles. The first-order valence-corrected chi connectivity index (χ1v) is 8.73. The molecule has 2 N–H and O–H groups in total. The van der Waals surface area contributed by atoms with E-state index in [1.807, 2.05) is 0 Å². The average Bonchev–Trinajstić information content (AvgIpc) is 2.24. The van der Waals surface area contributed by atoms with Crippen LogP contribution in [0, 0.1) is 5.92 Å². The maximum Gasteiger partial charge on any atom is 0.223 e. The molecule has 0 radical (unpaired) electrons. The second-order valence-electron chi connectivity index (χ2n) is 5.19. The Morgan fingerprint density at radius 2 is 2.05 bits per heavy atom. The van der Waals surface area contributed by atoms with E-state index in [0.29, 0.717) is 0 Å². The van der Waals surface area contributed by atoms with E-state index in [-0.39, 0.29) is 17.9 Å². The molecule has 0 aromatic heterocycles. The van der Waals surface area contributed by atoms with Crippen molar-refractivity contribution in [2.45, 2.75) is 38.6 Å². The van der Waals surface area contributed by atoms with Gasteiger partial charge in [0.1, 0.15) is 0 Å². The third kappa shape index (κ3) is 7.32. The van der Waals surface area contributed by atoms with Gasteiger partial charge in [0.25, 0.3) is 0 Å². The summed E-state index contributed by atoms with van der Waals surface area (Å²) in [5.74, 6) is 0.0521. The fourth-order valence-electron chi connectivity index (χ4n) is 2.10. The predicted octanol–water partition coefficient (Wildman–Crippen LogP) is 0.829. The van der Waals surface area contributed by atoms with Crippen LogP contribution in [0.25, 0.3) is 0 Å². The molecular weight excluding hydrogens is 264 g/mol. The second-order valence-corrected chi connectivity index (χ2v) is 7.12. The Labute approximate surface area is 115 Å². The van der Waals surface area contributed by atoms with Crippen LogP contribution >= 0.6 is 0 Å². The second kappa shape index (κ2) is 7.65. The largest absolute Gasteiger partial charge is 0.350 e. The Morgan fingerprint density at radius 3 is 2.74 bits per heavy atom. The molecule has 0 aliphatic carbocycles. The Hall–Kier alpha value is -0.880. The molecule has 2 atom stereocenters. The molecule has 6 heteroatoms. The molecule has 19 heavy (non-hydrogen) atoms. The van der Waals surface area contributed by atoms with E-state index in [0.717, 1.165) is 50.4 Å². The van der Waals surface area contributed by atoms with Gasteiger partial charge in [-0.05, 0) is 39.3 Å². The van der Waals surface area contributed by atoms with Crippen LogP contribution in [-0.2, 0) is 14.6 Å². The lowest BCUT2D eigenvalue weighted by Gasteiger charge is -2.21. The molecule has 0 saturated carbocycles. The molecule has 0 aromatic carbocycles. The Balaban J connectivity index is 2.46. The third-order valence-electron chi connectivity index (χ3n) is 3.18. The van der Waals surface area contributed by atoms with Crippen LogP contribution in [-0.4, -0.2) is 39.7 Å². The summed E-state index contributed by atoms with van der Waals surface area (Å²) in [4.78, 5) is 12.1. The highest BCUT2D eigenvalue weighted by atomic mass is 32.2. The van der Waals surface area contributed by atoms with Crippen LogP contribution in [0.3, 0.4) is 0 Å². The van der Waals surface area contributed by atoms with Crippen molar-refractivity contribution in [2.24, 2.45) is 5.92 Å². The molecule has 5 nitrogen and oxygen atoms in total. The van der Waals surface area contributed by atoms with Crippen LogP contribution in [0.15, 0.2) is 11.5 Å². The first-order chi connectivity index (χ1) is 8.88. The number of carbonyl (C=O) groups excluding carboxylic acids is 1. The van der Waals surface area contributed by atoms with Gasteiger partial charge in [-0.15, -0.1) is 0 Å². The van der Waals surface area contributed by atoms with Crippen molar-refractivity contribution in [3.05, 3.63) is 11.5 Å². The van der Waals surface area contributed by atoms with Crippen molar-refractivity contribution in [2.75, 3.05) is 19.3 Å². The molecule has 0 aromatic rings. The Kier molecular flexibility index (Phi) is 6.51. The van der Waals surface area contributed by atoms with Crippen LogP contribution in [0.5, 0.6) is 0 Å². The van der Waals surface area contributed by atoms with Crippen molar-refractivity contribution >= 4 is 15.7 Å². The molecule has 1 fully saturated rings. The molecule has 0 spiro atoms. The van der Waals surface area contributed by atoms with E-state index >= 15 is 0 Å². The number of hydrogen-bond acceptors (Lipinski definition) is 4. The van der Waals surface area contributed by atoms with E-state index in [1.54, 1.807) is 6.92 Å². The fourth-order valence-corrected chi connectivity index (χ4v) is 2.62. The standard InChI is InChI=1S/C13H24N2O3S/c1-11(7-10-19(2,17)18)15-13(16)12-5-3-4-8-14-9-6-12/h7,10-12,14H,3-6,8-9H2,1-2H3,(H,15,16)/b10-7-/t11-,12?/m1/s1. The van der Waals surface area contributed by atoms with Crippen LogP contribution in [0.2, 0.25) is 0 Å². The summed E-state index contributed by atoms with van der Waals surface area (Å²) in [6.45, 7) is 3.67. The third-order valence-corrected chi connectivity index (χ3v) is 3.83. The first-order valence-electron chi connectivity index (χ1n) is 6.78. The summed E-state index contributed by atoms with van der Waals surface area (Å²) in [6, 6.07) is -0.263. The average molecular weight is 288 g/mol. The molecular formula is C13H24N2O3S. The van der Waals surface area contributed by atoms with Gasteiger partial charge in [-0.3, -0.25) is 4.79 Å². The summed E-state index contributed by atoms with van der Waals surface area (Å²) in [7, 11) is -3.13. The maximum absolute atomic E-state index is 12.1. The van der Waals surface area contributed by atoms with Crippen molar-refractivity contribution in [3.8, 4) is 0 Å². The highest BCUT2D eigenvalue weighted by Crippen LogP contribution is 2.14. The quantitative estimate of drug-likeness (QED) is 0.803. The van der Waals surface area contributed by atoms with Crippen molar-refractivity contribution in [1.29, 1.82) is 0 Å². The monoisotopic (exact) mass is 288 g/mol. The summed E-state index contributed by atoms with van der Waals surface area (Å²) in [5.41, 5.74) is 0. The summed E-state index contributed by atoms with van der Waals surface area (Å²) in [6.07, 6.45) is 6.56. The number of nitrogens with one attached hydrogen (secondary N) is 2. The number of amides is 1. The Morgan fingerprint density at radius 1 is 1.32 bits per heavy atom. The lowest BCUT2D eigenvalue weighted by molar-refractivity contribution is -0.125. The molecule has 1 rings (SSSR count). The van der Waals surface area contributed by atoms with Crippen LogP contribution in [0.1, 0.15) is 32.6 Å². The zero-order chi connectivity index (χ0) is 14.3. The van der Waals surface area contributed by atoms with E-state index in [1.165, 1.54) is 6.08 Å². The van der Waals surface area contributed by atoms with Gasteiger partial charge in [-0.25, -0.2) is 8.42 Å². The topological polar surface area (TPSA) is 75.3 Å². The minimum Gasteiger partial charge on any atom is -0.350 e. The van der Waals surface area contributed by atoms with Gasteiger partial charge >= 0.3 is 0 Å². The minimum absolute atomic E-state index is 0.0225. The van der Waals surface area contributed by atoms with E-state index in [4.69, 9.17) is 0 Å². The van der Waals surface area contributed by atoms with Gasteiger partial charge in [0, 0.05) is 23.6 Å². The van der Waals surface area contributed by atoms with Gasteiger partial charge in [-0.2, -0.15) is 0 Å². The van der Waals surface area contributed by atoms with Crippen molar-refractivity contribution in [3.63, 3.8) is 0 Å². The highest BCUT2D eigenvalue weighted by Gasteiger charge is 2.19. The van der Waals surface area contributed by atoms with Crippen LogP contribution in [0.4, 0.5) is 0 Å². The number of carbonyl (C=O) groups is 1. The predicted molar refractivity (Wildman–Crippen MR) is 76.4 cm³/mol. The first kappa shape index (κ1) is 16.2. The van der Waals surface area contributed by atoms with E-state index < -0.39 is 9.84 Å². The lowest BCUT2D eigenvalue weighted by atomic mass is 9.95. The number of hydrogen-bond donors (Lipinski definition) is 2. The molecule has 110 valence electrons. The van der Waals surface area contributed by atoms with Gasteiger partial charge < -0.3 is 10.6 Å². The minimum atomic E-state index is -3.13.